The van der Waals surface area contributed by atoms with Gasteiger partial charge in [-0.15, -0.1) is 0 Å². The second kappa shape index (κ2) is 9.99. The van der Waals surface area contributed by atoms with Gasteiger partial charge in [0.2, 0.25) is 0 Å². The van der Waals surface area contributed by atoms with Gasteiger partial charge in [0.1, 0.15) is 23.0 Å². The van der Waals surface area contributed by atoms with Crippen molar-refractivity contribution >= 4 is 28.9 Å². The molecule has 0 aliphatic carbocycles. The first-order valence-electron chi connectivity index (χ1n) is 10.4. The molecule has 0 fully saturated rings. The van der Waals surface area contributed by atoms with Gasteiger partial charge in [-0.1, -0.05) is 24.2 Å². The van der Waals surface area contributed by atoms with Crippen LogP contribution in [0, 0.1) is 6.92 Å². The van der Waals surface area contributed by atoms with Crippen molar-refractivity contribution in [2.24, 2.45) is 0 Å². The summed E-state index contributed by atoms with van der Waals surface area (Å²) in [5.41, 5.74) is -1.91. The van der Waals surface area contributed by atoms with Crippen molar-refractivity contribution in [3.8, 4) is 0 Å². The van der Waals surface area contributed by atoms with Crippen LogP contribution < -0.4 is 26.8 Å². The van der Waals surface area contributed by atoms with E-state index in [9.17, 15) is 37.5 Å². The number of anilines is 3. The Morgan fingerprint density at radius 1 is 1.11 bits per heavy atom. The third kappa shape index (κ3) is 5.50. The monoisotopic (exact) mass is 494 g/mol. The van der Waals surface area contributed by atoms with E-state index < -0.39 is 46.3 Å². The van der Waals surface area contributed by atoms with Crippen LogP contribution in [0.25, 0.3) is 0 Å². The number of carboxylic acids is 1. The highest BCUT2D eigenvalue weighted by Crippen LogP contribution is 2.33. The molecule has 3 aromatic rings. The lowest BCUT2D eigenvalue weighted by atomic mass is 10.0. The molecular formula is C22H21F3N4O6. The average Bonchev–Trinajstić information content (AvgIpc) is 3.20. The third-order valence-corrected chi connectivity index (χ3v) is 5.08. The molecule has 13 heteroatoms. The summed E-state index contributed by atoms with van der Waals surface area (Å²) in [6, 6.07) is 4.46. The lowest BCUT2D eigenvalue weighted by molar-refractivity contribution is -0.155. The molecule has 0 saturated heterocycles. The zero-order valence-electron chi connectivity index (χ0n) is 18.6. The molecule has 4 N–H and O–H groups in total. The number of rotatable bonds is 10. The summed E-state index contributed by atoms with van der Waals surface area (Å²) in [7, 11) is 0. The molecule has 1 aromatic heterocycles. The van der Waals surface area contributed by atoms with Crippen molar-refractivity contribution < 1.29 is 32.4 Å². The second-order valence-electron chi connectivity index (χ2n) is 7.70. The zero-order chi connectivity index (χ0) is 25.9. The average molecular weight is 494 g/mol. The summed E-state index contributed by atoms with van der Waals surface area (Å²) in [4.78, 5) is 47.7. The highest BCUT2D eigenvalue weighted by molar-refractivity contribution is 6.05. The Morgan fingerprint density at radius 3 is 2.31 bits per heavy atom. The van der Waals surface area contributed by atoms with Crippen molar-refractivity contribution in [2.45, 2.75) is 38.9 Å². The van der Waals surface area contributed by atoms with Crippen LogP contribution in [0.1, 0.15) is 40.7 Å². The van der Waals surface area contributed by atoms with Crippen molar-refractivity contribution in [3.05, 3.63) is 67.3 Å². The molecule has 1 heterocycles. The largest absolute Gasteiger partial charge is 0.480 e. The Kier molecular flexibility index (Phi) is 7.27. The van der Waals surface area contributed by atoms with Gasteiger partial charge in [-0.2, -0.15) is 13.2 Å². The van der Waals surface area contributed by atoms with E-state index >= 15 is 0 Å². The van der Waals surface area contributed by atoms with Crippen molar-refractivity contribution in [1.82, 2.24) is 5.16 Å². The molecule has 35 heavy (non-hydrogen) atoms. The molecule has 186 valence electrons. The summed E-state index contributed by atoms with van der Waals surface area (Å²) in [5, 5.41) is 20.5. The van der Waals surface area contributed by atoms with Crippen LogP contribution in [0.4, 0.5) is 30.2 Å². The van der Waals surface area contributed by atoms with Crippen molar-refractivity contribution in [3.63, 3.8) is 0 Å². The standard InChI is InChI=1S/C22H21F3N4O6/c1-3-8-26-15-16(18(31)17(15)30)28-13(21(33)34)9-11-4-6-12(7-5-11)27-20(32)14-10(2)29-35-19(14)22(23,24)25/h4-7,13,26,28H,3,8-9H2,1-2H3,(H,27,32)(H,33,34)/t13-/m0/s1. The van der Waals surface area contributed by atoms with E-state index in [0.717, 1.165) is 0 Å². The summed E-state index contributed by atoms with van der Waals surface area (Å²) in [5.74, 6) is -3.84. The van der Waals surface area contributed by atoms with Crippen LogP contribution in [0.5, 0.6) is 0 Å². The Morgan fingerprint density at radius 2 is 1.74 bits per heavy atom. The number of nitrogens with one attached hydrogen (secondary N) is 3. The van der Waals surface area contributed by atoms with Crippen LogP contribution in [0.2, 0.25) is 0 Å². The molecule has 1 amide bonds. The molecule has 3 rings (SSSR count). The topological polar surface area (TPSA) is 151 Å². The Bertz CT molecular complexity index is 1310. The Labute approximate surface area is 195 Å². The fourth-order valence-electron chi connectivity index (χ4n) is 3.31. The predicted molar refractivity (Wildman–Crippen MR) is 120 cm³/mol. The van der Waals surface area contributed by atoms with Crippen molar-refractivity contribution in [2.75, 3.05) is 22.5 Å². The molecule has 1 atom stereocenters. The Hall–Kier alpha value is -4.16. The van der Waals surface area contributed by atoms with Crippen LogP contribution in [0.15, 0.2) is 38.4 Å². The number of carbonyl (C=O) groups is 2. The predicted octanol–water partition coefficient (Wildman–Crippen LogP) is 2.78. The third-order valence-electron chi connectivity index (χ3n) is 5.08. The van der Waals surface area contributed by atoms with Gasteiger partial charge in [0.05, 0.1) is 5.69 Å². The number of hydrogen-bond donors (Lipinski definition) is 4. The first-order valence-corrected chi connectivity index (χ1v) is 10.4. The number of aromatic nitrogens is 1. The maximum atomic E-state index is 13.0. The number of alkyl halides is 3. The number of benzene rings is 1. The number of nitrogens with zero attached hydrogens (tertiary/aromatic N) is 1. The summed E-state index contributed by atoms with van der Waals surface area (Å²) < 4.78 is 43.4. The van der Waals surface area contributed by atoms with E-state index in [0.29, 0.717) is 18.5 Å². The van der Waals surface area contributed by atoms with Crippen LogP contribution in [0.3, 0.4) is 0 Å². The minimum atomic E-state index is -4.90. The van der Waals surface area contributed by atoms with Gasteiger partial charge in [-0.05, 0) is 31.0 Å². The quantitative estimate of drug-likeness (QED) is 0.312. The number of carboxylic acid groups (broad SMARTS) is 1. The molecule has 10 nitrogen and oxygen atoms in total. The number of halogens is 3. The summed E-state index contributed by atoms with van der Waals surface area (Å²) >= 11 is 0. The SMILES string of the molecule is CCCNc1c(N[C@@H](Cc2ccc(NC(=O)c3c(C)noc3C(F)(F)F)cc2)C(=O)O)c(=O)c1=O. The fourth-order valence-corrected chi connectivity index (χ4v) is 3.31. The molecular weight excluding hydrogens is 473 g/mol. The summed E-state index contributed by atoms with van der Waals surface area (Å²) in [6.07, 6.45) is -4.29. The lowest BCUT2D eigenvalue weighted by Crippen LogP contribution is -2.42. The van der Waals surface area contributed by atoms with Crippen LogP contribution in [-0.4, -0.2) is 34.7 Å². The minimum Gasteiger partial charge on any atom is -0.480 e. The number of hydrogen-bond acceptors (Lipinski definition) is 8. The smallest absolute Gasteiger partial charge is 0.453 e. The molecule has 0 unspecified atom stereocenters. The van der Waals surface area contributed by atoms with E-state index in [1.54, 1.807) is 0 Å². The highest BCUT2D eigenvalue weighted by atomic mass is 19.4. The zero-order valence-corrected chi connectivity index (χ0v) is 18.6. The van der Waals surface area contributed by atoms with Gasteiger partial charge in [0.15, 0.2) is 0 Å². The number of amides is 1. The molecule has 0 bridgehead atoms. The minimum absolute atomic E-state index is 0.0448. The van der Waals surface area contributed by atoms with E-state index in [-0.39, 0.29) is 29.2 Å². The number of carbonyl (C=O) groups excluding carboxylic acids is 1. The molecule has 0 radical (unpaired) electrons. The normalized spacial score (nSPS) is 12.4. The Balaban J connectivity index is 1.71. The van der Waals surface area contributed by atoms with Gasteiger partial charge >= 0.3 is 12.1 Å². The fraction of sp³-hybridized carbons (Fsp3) is 0.318. The first-order chi connectivity index (χ1) is 16.4. The number of aliphatic carboxylic acids is 1. The molecule has 0 saturated carbocycles. The molecule has 0 aliphatic rings. The van der Waals surface area contributed by atoms with E-state index in [1.807, 2.05) is 6.92 Å². The molecule has 0 aliphatic heterocycles. The van der Waals surface area contributed by atoms with Gasteiger partial charge in [-0.3, -0.25) is 14.4 Å². The maximum absolute atomic E-state index is 13.0. The van der Waals surface area contributed by atoms with Gasteiger partial charge in [-0.25, -0.2) is 4.79 Å². The number of aryl methyl sites for hydroxylation is 1. The first kappa shape index (κ1) is 25.5. The maximum Gasteiger partial charge on any atom is 0.453 e. The van der Waals surface area contributed by atoms with E-state index in [4.69, 9.17) is 0 Å². The van der Waals surface area contributed by atoms with E-state index in [1.165, 1.54) is 31.2 Å². The lowest BCUT2D eigenvalue weighted by Gasteiger charge is -2.20. The highest BCUT2D eigenvalue weighted by Gasteiger charge is 2.42. The summed E-state index contributed by atoms with van der Waals surface area (Å²) in [6.45, 7) is 3.50. The van der Waals surface area contributed by atoms with Gasteiger partial charge < -0.3 is 25.6 Å². The van der Waals surface area contributed by atoms with Gasteiger partial charge in [0, 0.05) is 18.7 Å². The van der Waals surface area contributed by atoms with E-state index in [2.05, 4.69) is 25.6 Å². The van der Waals surface area contributed by atoms with Crippen LogP contribution in [-0.2, 0) is 17.4 Å². The molecule has 2 aromatic carbocycles. The molecule has 0 spiro atoms. The van der Waals surface area contributed by atoms with Crippen molar-refractivity contribution in [1.29, 1.82) is 0 Å². The van der Waals surface area contributed by atoms with Crippen LogP contribution >= 0.6 is 0 Å². The second-order valence-corrected chi connectivity index (χ2v) is 7.70. The van der Waals surface area contributed by atoms with Gasteiger partial charge in [0.25, 0.3) is 22.5 Å².